The molecule has 0 spiro atoms. The zero-order valence-electron chi connectivity index (χ0n) is 11.7. The first-order valence-electron chi connectivity index (χ1n) is 6.53. The summed E-state index contributed by atoms with van der Waals surface area (Å²) in [5.74, 6) is -0.589. The summed E-state index contributed by atoms with van der Waals surface area (Å²) in [6.45, 7) is 1.97. The number of hydrogen-bond acceptors (Lipinski definition) is 3. The van der Waals surface area contributed by atoms with Gasteiger partial charge in [0.2, 0.25) is 5.91 Å². The maximum absolute atomic E-state index is 12.5. The number of hydrogen-bond donors (Lipinski definition) is 4. The van der Waals surface area contributed by atoms with E-state index < -0.39 is 18.3 Å². The molecule has 0 aliphatic heterocycles. The topological polar surface area (TPSA) is 98.9 Å². The number of alkyl halides is 2. The molecule has 2 aromatic rings. The van der Waals surface area contributed by atoms with Gasteiger partial charge < -0.3 is 20.9 Å². The Kier molecular flexibility index (Phi) is 4.87. The number of H-pyrrole nitrogens is 1. The second-order valence-corrected chi connectivity index (χ2v) is 4.52. The second kappa shape index (κ2) is 6.83. The number of carbonyl (C=O) groups excluding carboxylic acids is 2. The Bertz CT molecular complexity index is 686. The van der Waals surface area contributed by atoms with Gasteiger partial charge in [-0.05, 0) is 18.2 Å². The summed E-state index contributed by atoms with van der Waals surface area (Å²) < 4.78 is 25.1. The van der Waals surface area contributed by atoms with Crippen molar-refractivity contribution in [3.63, 3.8) is 0 Å². The zero-order chi connectivity index (χ0) is 16.1. The number of amides is 3. The number of aromatic nitrogens is 2. The lowest BCUT2D eigenvalue weighted by Gasteiger charge is -2.07. The lowest BCUT2D eigenvalue weighted by molar-refractivity contribution is -0.118. The van der Waals surface area contributed by atoms with Crippen LogP contribution < -0.4 is 16.0 Å². The van der Waals surface area contributed by atoms with E-state index in [0.29, 0.717) is 23.3 Å². The fraction of sp³-hybridized carbons (Fsp3) is 0.308. The van der Waals surface area contributed by atoms with Gasteiger partial charge in [0.15, 0.2) is 5.82 Å². The predicted octanol–water partition coefficient (Wildman–Crippen LogP) is 1.76. The number of urea groups is 1. The predicted molar refractivity (Wildman–Crippen MR) is 76.8 cm³/mol. The highest BCUT2D eigenvalue weighted by Crippen LogP contribution is 2.22. The normalized spacial score (nSPS) is 10.7. The minimum Gasteiger partial charge on any atom is -0.355 e. The fourth-order valence-electron chi connectivity index (χ4n) is 1.80. The van der Waals surface area contributed by atoms with Crippen LogP contribution in [0, 0.1) is 0 Å². The van der Waals surface area contributed by atoms with Crippen molar-refractivity contribution in [1.29, 1.82) is 0 Å². The van der Waals surface area contributed by atoms with E-state index >= 15 is 0 Å². The number of aromatic amines is 1. The molecule has 9 heteroatoms. The van der Waals surface area contributed by atoms with Crippen LogP contribution in [0.4, 0.5) is 19.3 Å². The van der Waals surface area contributed by atoms with Gasteiger partial charge in [-0.15, -0.1) is 0 Å². The summed E-state index contributed by atoms with van der Waals surface area (Å²) in [5, 5.41) is 7.65. The average Bonchev–Trinajstić information content (AvgIpc) is 2.87. The Morgan fingerprint density at radius 1 is 1.27 bits per heavy atom. The Morgan fingerprint density at radius 3 is 2.68 bits per heavy atom. The van der Waals surface area contributed by atoms with E-state index in [0.717, 1.165) is 0 Å². The monoisotopic (exact) mass is 311 g/mol. The molecular weight excluding hydrogens is 296 g/mol. The number of halogens is 2. The first-order chi connectivity index (χ1) is 10.5. The Hall–Kier alpha value is -2.71. The quantitative estimate of drug-likeness (QED) is 0.633. The number of nitrogens with zero attached hydrogens (tertiary/aromatic N) is 1. The Balaban J connectivity index is 1.93. The summed E-state index contributed by atoms with van der Waals surface area (Å²) in [6.07, 6.45) is -2.68. The van der Waals surface area contributed by atoms with Crippen molar-refractivity contribution < 1.29 is 18.4 Å². The lowest BCUT2D eigenvalue weighted by Crippen LogP contribution is -2.36. The van der Waals surface area contributed by atoms with Crippen LogP contribution in [0.15, 0.2) is 18.2 Å². The van der Waals surface area contributed by atoms with Gasteiger partial charge in [-0.1, -0.05) is 0 Å². The van der Waals surface area contributed by atoms with Gasteiger partial charge in [0.05, 0.1) is 11.0 Å². The highest BCUT2D eigenvalue weighted by molar-refractivity contribution is 5.91. The van der Waals surface area contributed by atoms with Gasteiger partial charge in [-0.2, -0.15) is 0 Å². The standard InChI is InChI=1S/C13H15F2N5O2/c1-7(21)16-4-5-17-13(22)18-8-2-3-9-10(6-8)20-12(19-9)11(14)15/h2-3,6,11H,4-5H2,1H3,(H,16,21)(H,19,20)(H2,17,18,22). The molecule has 22 heavy (non-hydrogen) atoms. The van der Waals surface area contributed by atoms with Gasteiger partial charge in [-0.25, -0.2) is 18.6 Å². The highest BCUT2D eigenvalue weighted by atomic mass is 19.3. The van der Waals surface area contributed by atoms with Crippen molar-refractivity contribution in [2.45, 2.75) is 13.3 Å². The number of fused-ring (bicyclic) bond motifs is 1. The molecule has 0 bridgehead atoms. The number of nitrogens with one attached hydrogen (secondary N) is 4. The third-order valence-corrected chi connectivity index (χ3v) is 2.75. The van der Waals surface area contributed by atoms with Crippen molar-refractivity contribution in [2.75, 3.05) is 18.4 Å². The van der Waals surface area contributed by atoms with E-state index in [1.165, 1.54) is 19.1 Å². The minimum atomic E-state index is -2.68. The van der Waals surface area contributed by atoms with Crippen LogP contribution in [0.25, 0.3) is 11.0 Å². The van der Waals surface area contributed by atoms with E-state index in [1.54, 1.807) is 6.07 Å². The van der Waals surface area contributed by atoms with Crippen LogP contribution in [0.3, 0.4) is 0 Å². The molecule has 0 radical (unpaired) electrons. The van der Waals surface area contributed by atoms with Crippen molar-refractivity contribution in [3.05, 3.63) is 24.0 Å². The molecule has 0 aliphatic carbocycles. The van der Waals surface area contributed by atoms with Crippen LogP contribution >= 0.6 is 0 Å². The molecular formula is C13H15F2N5O2. The van der Waals surface area contributed by atoms with Gasteiger partial charge in [0, 0.05) is 25.7 Å². The van der Waals surface area contributed by atoms with Gasteiger partial charge in [0.25, 0.3) is 6.43 Å². The lowest BCUT2D eigenvalue weighted by atomic mass is 10.3. The van der Waals surface area contributed by atoms with Crippen molar-refractivity contribution in [2.24, 2.45) is 0 Å². The largest absolute Gasteiger partial charge is 0.355 e. The molecule has 0 saturated carbocycles. The third kappa shape index (κ3) is 4.14. The summed E-state index contributed by atoms with van der Waals surface area (Å²) in [5.41, 5.74) is 1.24. The fourth-order valence-corrected chi connectivity index (χ4v) is 1.80. The number of anilines is 1. The molecule has 1 aromatic heterocycles. The van der Waals surface area contributed by atoms with E-state index in [4.69, 9.17) is 0 Å². The van der Waals surface area contributed by atoms with E-state index in [-0.39, 0.29) is 12.5 Å². The van der Waals surface area contributed by atoms with E-state index in [1.807, 2.05) is 0 Å². The maximum Gasteiger partial charge on any atom is 0.319 e. The molecule has 0 atom stereocenters. The number of imidazole rings is 1. The molecule has 0 aliphatic rings. The van der Waals surface area contributed by atoms with Gasteiger partial charge >= 0.3 is 6.03 Å². The molecule has 1 aromatic carbocycles. The molecule has 0 unspecified atom stereocenters. The van der Waals surface area contributed by atoms with Crippen LogP contribution in [-0.2, 0) is 4.79 Å². The summed E-state index contributed by atoms with van der Waals surface area (Å²) in [6, 6.07) is 4.15. The molecule has 0 fully saturated rings. The molecule has 2 rings (SSSR count). The summed E-state index contributed by atoms with van der Waals surface area (Å²) in [4.78, 5) is 28.5. The Morgan fingerprint density at radius 2 is 2.00 bits per heavy atom. The molecule has 3 amide bonds. The zero-order valence-corrected chi connectivity index (χ0v) is 11.7. The summed E-state index contributed by atoms with van der Waals surface area (Å²) >= 11 is 0. The van der Waals surface area contributed by atoms with Crippen LogP contribution in [-0.4, -0.2) is 35.0 Å². The van der Waals surface area contributed by atoms with Crippen LogP contribution in [0.2, 0.25) is 0 Å². The molecule has 0 saturated heterocycles. The number of rotatable bonds is 5. The van der Waals surface area contributed by atoms with Crippen LogP contribution in [0.5, 0.6) is 0 Å². The summed E-state index contributed by atoms with van der Waals surface area (Å²) in [7, 11) is 0. The smallest absolute Gasteiger partial charge is 0.319 e. The van der Waals surface area contributed by atoms with Crippen molar-refractivity contribution in [3.8, 4) is 0 Å². The number of benzene rings is 1. The molecule has 4 N–H and O–H groups in total. The first kappa shape index (κ1) is 15.7. The van der Waals surface area contributed by atoms with Crippen molar-refractivity contribution in [1.82, 2.24) is 20.6 Å². The van der Waals surface area contributed by atoms with E-state index in [9.17, 15) is 18.4 Å². The first-order valence-corrected chi connectivity index (χ1v) is 6.53. The average molecular weight is 311 g/mol. The van der Waals surface area contributed by atoms with Crippen LogP contribution in [0.1, 0.15) is 19.2 Å². The van der Waals surface area contributed by atoms with E-state index in [2.05, 4.69) is 25.9 Å². The minimum absolute atomic E-state index is 0.179. The molecule has 118 valence electrons. The highest BCUT2D eigenvalue weighted by Gasteiger charge is 2.13. The van der Waals surface area contributed by atoms with Gasteiger partial charge in [-0.3, -0.25) is 4.79 Å². The van der Waals surface area contributed by atoms with Gasteiger partial charge in [0.1, 0.15) is 0 Å². The third-order valence-electron chi connectivity index (χ3n) is 2.75. The second-order valence-electron chi connectivity index (χ2n) is 4.52. The molecule has 1 heterocycles. The molecule has 7 nitrogen and oxygen atoms in total. The Labute approximate surface area is 124 Å². The van der Waals surface area contributed by atoms with Crippen molar-refractivity contribution >= 4 is 28.7 Å². The SMILES string of the molecule is CC(=O)NCCNC(=O)Nc1ccc2nc(C(F)F)[nH]c2c1. The number of carbonyl (C=O) groups is 2. The maximum atomic E-state index is 12.5.